The number of amides is 1. The minimum atomic E-state index is -0.594. The molecule has 0 saturated heterocycles. The molecule has 1 heterocycles. The standard InChI is InChI=1S/C14H17N3O3.ClH/c1-17(2)8-7-15-13(19)11-12(18)9-5-3-4-6-10(9)16-14(11)20;/h3-6H,7-8H2,1-2H3,(H,15,19)(H2,16,18,20);1H. The second kappa shape index (κ2) is 7.10. The molecule has 7 heteroatoms. The number of hydrogen-bond acceptors (Lipinski definition) is 4. The van der Waals surface area contributed by atoms with E-state index in [2.05, 4.69) is 10.3 Å². The Balaban J connectivity index is 0.00000220. The van der Waals surface area contributed by atoms with Crippen LogP contribution in [0.3, 0.4) is 0 Å². The van der Waals surface area contributed by atoms with Crippen LogP contribution in [0.25, 0.3) is 10.9 Å². The minimum absolute atomic E-state index is 0. The van der Waals surface area contributed by atoms with Crippen molar-refractivity contribution in [3.63, 3.8) is 0 Å². The first-order valence-corrected chi connectivity index (χ1v) is 6.27. The molecular formula is C14H18ClN3O3. The Bertz CT molecular complexity index is 697. The molecule has 21 heavy (non-hydrogen) atoms. The Morgan fingerprint density at radius 1 is 1.33 bits per heavy atom. The first kappa shape index (κ1) is 17.0. The fourth-order valence-corrected chi connectivity index (χ4v) is 1.92. The molecule has 0 aliphatic carbocycles. The lowest BCUT2D eigenvalue weighted by Gasteiger charge is -2.11. The lowest BCUT2D eigenvalue weighted by atomic mass is 10.1. The molecule has 3 N–H and O–H groups in total. The zero-order valence-corrected chi connectivity index (χ0v) is 12.7. The number of para-hydroxylation sites is 1. The van der Waals surface area contributed by atoms with E-state index in [-0.39, 0.29) is 23.7 Å². The molecule has 0 atom stereocenters. The summed E-state index contributed by atoms with van der Waals surface area (Å²) in [6.45, 7) is 1.05. The fourth-order valence-electron chi connectivity index (χ4n) is 1.92. The Kier molecular flexibility index (Phi) is 5.75. The number of hydrogen-bond donors (Lipinski definition) is 3. The highest BCUT2D eigenvalue weighted by Crippen LogP contribution is 2.24. The minimum Gasteiger partial charge on any atom is -0.506 e. The van der Waals surface area contributed by atoms with Crippen LogP contribution in [0.1, 0.15) is 10.4 Å². The summed E-state index contributed by atoms with van der Waals surface area (Å²) in [5.74, 6) is -0.858. The van der Waals surface area contributed by atoms with Gasteiger partial charge < -0.3 is 20.3 Å². The van der Waals surface area contributed by atoms with E-state index in [1.807, 2.05) is 19.0 Å². The summed E-state index contributed by atoms with van der Waals surface area (Å²) < 4.78 is 0. The molecule has 1 amide bonds. The van der Waals surface area contributed by atoms with E-state index in [0.717, 1.165) is 0 Å². The highest BCUT2D eigenvalue weighted by atomic mass is 35.5. The van der Waals surface area contributed by atoms with Crippen molar-refractivity contribution < 1.29 is 9.90 Å². The number of benzene rings is 1. The van der Waals surface area contributed by atoms with Gasteiger partial charge in [-0.1, -0.05) is 12.1 Å². The summed E-state index contributed by atoms with van der Waals surface area (Å²) in [5.41, 5.74) is -0.342. The second-order valence-corrected chi connectivity index (χ2v) is 4.78. The van der Waals surface area contributed by atoms with Gasteiger partial charge in [0.1, 0.15) is 11.3 Å². The number of rotatable bonds is 4. The van der Waals surface area contributed by atoms with E-state index in [4.69, 9.17) is 0 Å². The Hall–Kier alpha value is -2.05. The van der Waals surface area contributed by atoms with E-state index in [0.29, 0.717) is 24.0 Å². The molecule has 0 fully saturated rings. The van der Waals surface area contributed by atoms with E-state index in [1.54, 1.807) is 24.3 Å². The van der Waals surface area contributed by atoms with Gasteiger partial charge in [0, 0.05) is 18.5 Å². The molecule has 1 aromatic heterocycles. The Morgan fingerprint density at radius 2 is 2.00 bits per heavy atom. The highest BCUT2D eigenvalue weighted by molar-refractivity contribution is 6.01. The zero-order chi connectivity index (χ0) is 14.7. The summed E-state index contributed by atoms with van der Waals surface area (Å²) in [6.07, 6.45) is 0. The van der Waals surface area contributed by atoms with E-state index >= 15 is 0 Å². The number of nitrogens with one attached hydrogen (secondary N) is 2. The van der Waals surface area contributed by atoms with Crippen LogP contribution in [0, 0.1) is 0 Å². The lowest BCUT2D eigenvalue weighted by Crippen LogP contribution is -2.34. The SMILES string of the molecule is CN(C)CCNC(=O)c1c(O)c2ccccc2[nH]c1=O.Cl. The molecule has 114 valence electrons. The van der Waals surface area contributed by atoms with Crippen LogP contribution in [0.15, 0.2) is 29.1 Å². The van der Waals surface area contributed by atoms with Crippen molar-refractivity contribution in [3.05, 3.63) is 40.2 Å². The van der Waals surface area contributed by atoms with Crippen molar-refractivity contribution in [2.75, 3.05) is 27.2 Å². The number of nitrogens with zero attached hydrogens (tertiary/aromatic N) is 1. The first-order valence-electron chi connectivity index (χ1n) is 6.27. The average Bonchev–Trinajstić information content (AvgIpc) is 2.38. The largest absolute Gasteiger partial charge is 0.506 e. The third kappa shape index (κ3) is 3.74. The van der Waals surface area contributed by atoms with Crippen LogP contribution in [-0.2, 0) is 0 Å². The number of aromatic hydroxyl groups is 1. The molecule has 0 saturated carbocycles. The van der Waals surface area contributed by atoms with E-state index in [9.17, 15) is 14.7 Å². The number of pyridine rings is 1. The van der Waals surface area contributed by atoms with Crippen LogP contribution >= 0.6 is 12.4 Å². The predicted octanol–water partition coefficient (Wildman–Crippen LogP) is 0.947. The molecule has 2 rings (SSSR count). The lowest BCUT2D eigenvalue weighted by molar-refractivity contribution is 0.0947. The number of carbonyl (C=O) groups excluding carboxylic acids is 1. The fraction of sp³-hybridized carbons (Fsp3) is 0.286. The maximum absolute atomic E-state index is 12.0. The predicted molar refractivity (Wildman–Crippen MR) is 84.4 cm³/mol. The summed E-state index contributed by atoms with van der Waals surface area (Å²) in [6, 6.07) is 6.80. The summed E-state index contributed by atoms with van der Waals surface area (Å²) in [4.78, 5) is 28.4. The van der Waals surface area contributed by atoms with Crippen LogP contribution in [0.2, 0.25) is 0 Å². The van der Waals surface area contributed by atoms with Crippen LogP contribution in [0.4, 0.5) is 0 Å². The molecule has 0 unspecified atom stereocenters. The second-order valence-electron chi connectivity index (χ2n) is 4.78. The molecule has 6 nitrogen and oxygen atoms in total. The van der Waals surface area contributed by atoms with Gasteiger partial charge in [0.2, 0.25) is 0 Å². The Labute approximate surface area is 128 Å². The molecule has 0 aliphatic heterocycles. The quantitative estimate of drug-likeness (QED) is 0.784. The molecular weight excluding hydrogens is 294 g/mol. The van der Waals surface area contributed by atoms with Crippen LogP contribution in [0.5, 0.6) is 5.75 Å². The number of H-pyrrole nitrogens is 1. The van der Waals surface area contributed by atoms with Gasteiger partial charge >= 0.3 is 0 Å². The number of aromatic amines is 1. The van der Waals surface area contributed by atoms with Gasteiger partial charge in [-0.25, -0.2) is 0 Å². The molecule has 0 radical (unpaired) electrons. The summed E-state index contributed by atoms with van der Waals surface area (Å²) in [7, 11) is 3.76. The Morgan fingerprint density at radius 3 is 2.67 bits per heavy atom. The van der Waals surface area contributed by atoms with Gasteiger partial charge in [0.05, 0.1) is 5.52 Å². The summed E-state index contributed by atoms with van der Waals surface area (Å²) in [5, 5.41) is 13.2. The van der Waals surface area contributed by atoms with Gasteiger partial charge in [-0.3, -0.25) is 9.59 Å². The van der Waals surface area contributed by atoms with Gasteiger partial charge in [-0.15, -0.1) is 12.4 Å². The van der Waals surface area contributed by atoms with Gasteiger partial charge in [0.15, 0.2) is 0 Å². The number of likely N-dealkylation sites (N-methyl/N-ethyl adjacent to an activating group) is 1. The number of aromatic nitrogens is 1. The first-order chi connectivity index (χ1) is 9.50. The zero-order valence-electron chi connectivity index (χ0n) is 11.8. The molecule has 0 spiro atoms. The number of halogens is 1. The smallest absolute Gasteiger partial charge is 0.265 e. The third-order valence-corrected chi connectivity index (χ3v) is 2.97. The average molecular weight is 312 g/mol. The van der Waals surface area contributed by atoms with Crippen molar-refractivity contribution in [1.82, 2.24) is 15.2 Å². The van der Waals surface area contributed by atoms with Crippen molar-refractivity contribution in [2.45, 2.75) is 0 Å². The topological polar surface area (TPSA) is 85.4 Å². The third-order valence-electron chi connectivity index (χ3n) is 2.97. The van der Waals surface area contributed by atoms with Crippen LogP contribution in [-0.4, -0.2) is 48.1 Å². The maximum atomic E-state index is 12.0. The van der Waals surface area contributed by atoms with Crippen molar-refractivity contribution in [3.8, 4) is 5.75 Å². The van der Waals surface area contributed by atoms with E-state index < -0.39 is 11.5 Å². The van der Waals surface area contributed by atoms with E-state index in [1.165, 1.54) is 0 Å². The van der Waals surface area contributed by atoms with Crippen molar-refractivity contribution in [1.29, 1.82) is 0 Å². The normalized spacial score (nSPS) is 10.4. The number of fused-ring (bicyclic) bond motifs is 1. The molecule has 0 aliphatic rings. The van der Waals surface area contributed by atoms with Gasteiger partial charge in [-0.2, -0.15) is 0 Å². The van der Waals surface area contributed by atoms with Crippen molar-refractivity contribution >= 4 is 29.2 Å². The molecule has 1 aromatic carbocycles. The summed E-state index contributed by atoms with van der Waals surface area (Å²) >= 11 is 0. The number of carbonyl (C=O) groups is 1. The van der Waals surface area contributed by atoms with Gasteiger partial charge in [-0.05, 0) is 26.2 Å². The highest BCUT2D eigenvalue weighted by Gasteiger charge is 2.18. The van der Waals surface area contributed by atoms with Crippen molar-refractivity contribution in [2.24, 2.45) is 0 Å². The van der Waals surface area contributed by atoms with Gasteiger partial charge in [0.25, 0.3) is 11.5 Å². The monoisotopic (exact) mass is 311 g/mol. The molecule has 0 bridgehead atoms. The van der Waals surface area contributed by atoms with Crippen LogP contribution < -0.4 is 10.9 Å². The maximum Gasteiger partial charge on any atom is 0.265 e. The molecule has 2 aromatic rings.